The molecule has 1 atom stereocenters. The summed E-state index contributed by atoms with van der Waals surface area (Å²) in [5, 5.41) is -0.340. The maximum Gasteiger partial charge on any atom is 0.235 e. The fourth-order valence-corrected chi connectivity index (χ4v) is 2.81. The van der Waals surface area contributed by atoms with Crippen LogP contribution >= 0.6 is 11.8 Å². The summed E-state index contributed by atoms with van der Waals surface area (Å²) in [5.74, 6) is -0.311. The van der Waals surface area contributed by atoms with Gasteiger partial charge in [0.1, 0.15) is 5.25 Å². The first-order valence-corrected chi connectivity index (χ1v) is 6.63. The Morgan fingerprint density at radius 2 is 1.67 bits per heavy atom. The molecule has 0 aliphatic carbocycles. The highest BCUT2D eigenvalue weighted by atomic mass is 32.2. The molecule has 0 aliphatic rings. The highest BCUT2D eigenvalue weighted by Gasteiger charge is 2.19. The average Bonchev–Trinajstić information content (AvgIpc) is 2.38. The maximum atomic E-state index is 11.6. The smallest absolute Gasteiger partial charge is 0.235 e. The van der Waals surface area contributed by atoms with Crippen LogP contribution in [-0.2, 0) is 4.79 Å². The standard InChI is InChI=1S/C15H15NOS/c1-11-7-5-6-10-13(11)18-14(15(16)17)12-8-3-2-4-9-12/h2-10,14H,1H3,(H2,16,17). The van der Waals surface area contributed by atoms with Gasteiger partial charge in [0.2, 0.25) is 5.91 Å². The third-order valence-electron chi connectivity index (χ3n) is 2.70. The Kier molecular flexibility index (Phi) is 4.05. The number of primary amides is 1. The van der Waals surface area contributed by atoms with E-state index in [0.29, 0.717) is 0 Å². The Labute approximate surface area is 111 Å². The average molecular weight is 257 g/mol. The minimum atomic E-state index is -0.340. The van der Waals surface area contributed by atoms with E-state index >= 15 is 0 Å². The summed E-state index contributed by atoms with van der Waals surface area (Å²) in [4.78, 5) is 12.7. The highest BCUT2D eigenvalue weighted by molar-refractivity contribution is 8.00. The van der Waals surface area contributed by atoms with E-state index in [1.807, 2.05) is 61.5 Å². The normalized spacial score (nSPS) is 12.1. The summed E-state index contributed by atoms with van der Waals surface area (Å²) < 4.78 is 0. The van der Waals surface area contributed by atoms with Crippen LogP contribution in [0.15, 0.2) is 59.5 Å². The second-order valence-corrected chi connectivity index (χ2v) is 5.22. The van der Waals surface area contributed by atoms with Crippen molar-refractivity contribution in [3.63, 3.8) is 0 Å². The van der Waals surface area contributed by atoms with Crippen molar-refractivity contribution >= 4 is 17.7 Å². The molecule has 0 aromatic heterocycles. The Bertz CT molecular complexity index is 539. The molecule has 0 aliphatic heterocycles. The zero-order chi connectivity index (χ0) is 13.0. The van der Waals surface area contributed by atoms with Crippen LogP contribution in [0.2, 0.25) is 0 Å². The zero-order valence-corrected chi connectivity index (χ0v) is 11.0. The van der Waals surface area contributed by atoms with Crippen LogP contribution in [-0.4, -0.2) is 5.91 Å². The van der Waals surface area contributed by atoms with E-state index in [1.165, 1.54) is 11.8 Å². The predicted molar refractivity (Wildman–Crippen MR) is 75.4 cm³/mol. The fraction of sp³-hybridized carbons (Fsp3) is 0.133. The number of benzene rings is 2. The molecular formula is C15H15NOS. The Morgan fingerprint density at radius 1 is 1.06 bits per heavy atom. The number of aryl methyl sites for hydroxylation is 1. The lowest BCUT2D eigenvalue weighted by Crippen LogP contribution is -2.18. The molecule has 2 nitrogen and oxygen atoms in total. The Balaban J connectivity index is 2.28. The first-order chi connectivity index (χ1) is 8.68. The minimum Gasteiger partial charge on any atom is -0.368 e. The highest BCUT2D eigenvalue weighted by Crippen LogP contribution is 2.36. The fourth-order valence-electron chi connectivity index (χ4n) is 1.73. The number of nitrogens with two attached hydrogens (primary N) is 1. The molecule has 0 bridgehead atoms. The predicted octanol–water partition coefficient (Wildman–Crippen LogP) is 3.31. The molecule has 2 N–H and O–H groups in total. The lowest BCUT2D eigenvalue weighted by molar-refractivity contribution is -0.117. The second kappa shape index (κ2) is 5.74. The van der Waals surface area contributed by atoms with E-state index in [0.717, 1.165) is 16.0 Å². The molecule has 18 heavy (non-hydrogen) atoms. The van der Waals surface area contributed by atoms with Crippen LogP contribution in [0, 0.1) is 6.92 Å². The maximum absolute atomic E-state index is 11.6. The first-order valence-electron chi connectivity index (χ1n) is 5.75. The van der Waals surface area contributed by atoms with Crippen molar-refractivity contribution in [2.45, 2.75) is 17.1 Å². The molecule has 0 fully saturated rings. The van der Waals surface area contributed by atoms with Crippen molar-refractivity contribution in [2.24, 2.45) is 5.73 Å². The Morgan fingerprint density at radius 3 is 2.28 bits per heavy atom. The molecule has 1 amide bonds. The molecule has 0 spiro atoms. The largest absolute Gasteiger partial charge is 0.368 e. The van der Waals surface area contributed by atoms with Crippen molar-refractivity contribution in [3.05, 3.63) is 65.7 Å². The van der Waals surface area contributed by atoms with Crippen molar-refractivity contribution in [1.82, 2.24) is 0 Å². The third-order valence-corrected chi connectivity index (χ3v) is 4.15. The summed E-state index contributed by atoms with van der Waals surface area (Å²) in [6.07, 6.45) is 0. The number of carbonyl (C=O) groups is 1. The van der Waals surface area contributed by atoms with Crippen molar-refractivity contribution in [2.75, 3.05) is 0 Å². The van der Waals surface area contributed by atoms with Gasteiger partial charge < -0.3 is 5.73 Å². The lowest BCUT2D eigenvalue weighted by atomic mass is 10.1. The van der Waals surface area contributed by atoms with E-state index < -0.39 is 0 Å². The molecule has 92 valence electrons. The van der Waals surface area contributed by atoms with Crippen LogP contribution < -0.4 is 5.73 Å². The molecule has 2 aromatic carbocycles. The number of amides is 1. The number of hydrogen-bond acceptors (Lipinski definition) is 2. The van der Waals surface area contributed by atoms with E-state index in [4.69, 9.17) is 5.73 Å². The van der Waals surface area contributed by atoms with E-state index in [9.17, 15) is 4.79 Å². The van der Waals surface area contributed by atoms with E-state index in [1.54, 1.807) is 0 Å². The summed E-state index contributed by atoms with van der Waals surface area (Å²) in [7, 11) is 0. The SMILES string of the molecule is Cc1ccccc1SC(C(N)=O)c1ccccc1. The van der Waals surface area contributed by atoms with Gasteiger partial charge in [-0.25, -0.2) is 0 Å². The summed E-state index contributed by atoms with van der Waals surface area (Å²) in [6, 6.07) is 17.6. The van der Waals surface area contributed by atoms with Gasteiger partial charge in [0.25, 0.3) is 0 Å². The molecule has 1 unspecified atom stereocenters. The number of rotatable bonds is 4. The second-order valence-electron chi connectivity index (χ2n) is 4.08. The number of thioether (sulfide) groups is 1. The molecule has 2 aromatic rings. The molecule has 0 saturated heterocycles. The van der Waals surface area contributed by atoms with Gasteiger partial charge in [-0.15, -0.1) is 11.8 Å². The van der Waals surface area contributed by atoms with Gasteiger partial charge >= 0.3 is 0 Å². The Hall–Kier alpha value is -1.74. The van der Waals surface area contributed by atoms with Gasteiger partial charge in [0.05, 0.1) is 0 Å². The third kappa shape index (κ3) is 2.93. The summed E-state index contributed by atoms with van der Waals surface area (Å²) in [6.45, 7) is 2.03. The van der Waals surface area contributed by atoms with E-state index in [2.05, 4.69) is 0 Å². The number of carbonyl (C=O) groups excluding carboxylic acids is 1. The minimum absolute atomic E-state index is 0.311. The lowest BCUT2D eigenvalue weighted by Gasteiger charge is -2.14. The number of hydrogen-bond donors (Lipinski definition) is 1. The first kappa shape index (κ1) is 12.7. The van der Waals surface area contributed by atoms with Gasteiger partial charge in [-0.05, 0) is 24.1 Å². The van der Waals surface area contributed by atoms with Crippen LogP contribution in [0.3, 0.4) is 0 Å². The van der Waals surface area contributed by atoms with Crippen molar-refractivity contribution in [3.8, 4) is 0 Å². The molecule has 0 heterocycles. The topological polar surface area (TPSA) is 43.1 Å². The molecule has 0 saturated carbocycles. The van der Waals surface area contributed by atoms with Gasteiger partial charge in [0, 0.05) is 4.90 Å². The quantitative estimate of drug-likeness (QED) is 0.854. The van der Waals surface area contributed by atoms with Crippen LogP contribution in [0.4, 0.5) is 0 Å². The van der Waals surface area contributed by atoms with Gasteiger partial charge in [0.15, 0.2) is 0 Å². The summed E-state index contributed by atoms with van der Waals surface area (Å²) in [5.41, 5.74) is 7.61. The summed E-state index contributed by atoms with van der Waals surface area (Å²) >= 11 is 1.50. The van der Waals surface area contributed by atoms with E-state index in [-0.39, 0.29) is 11.2 Å². The van der Waals surface area contributed by atoms with Crippen LogP contribution in [0.1, 0.15) is 16.4 Å². The molecule has 0 radical (unpaired) electrons. The molecule has 2 rings (SSSR count). The zero-order valence-electron chi connectivity index (χ0n) is 10.2. The van der Waals surface area contributed by atoms with Crippen LogP contribution in [0.25, 0.3) is 0 Å². The molecule has 3 heteroatoms. The monoisotopic (exact) mass is 257 g/mol. The van der Waals surface area contributed by atoms with Gasteiger partial charge in [-0.1, -0.05) is 48.5 Å². The van der Waals surface area contributed by atoms with Gasteiger partial charge in [-0.3, -0.25) is 4.79 Å². The van der Waals surface area contributed by atoms with Crippen molar-refractivity contribution in [1.29, 1.82) is 0 Å². The van der Waals surface area contributed by atoms with Gasteiger partial charge in [-0.2, -0.15) is 0 Å². The van der Waals surface area contributed by atoms with Crippen LogP contribution in [0.5, 0.6) is 0 Å². The molecular weight excluding hydrogens is 242 g/mol. The van der Waals surface area contributed by atoms with Crippen molar-refractivity contribution < 1.29 is 4.79 Å².